The molecule has 0 aliphatic carbocycles. The number of anilines is 1. The molecule has 0 saturated carbocycles. The fourth-order valence-electron chi connectivity index (χ4n) is 3.37. The molecule has 0 amide bonds. The molecule has 0 aliphatic rings. The van der Waals surface area contributed by atoms with Gasteiger partial charge in [0.15, 0.2) is 11.6 Å². The van der Waals surface area contributed by atoms with E-state index in [2.05, 4.69) is 24.9 Å². The zero-order valence-corrected chi connectivity index (χ0v) is 20.2. The van der Waals surface area contributed by atoms with E-state index in [9.17, 15) is 12.8 Å². The van der Waals surface area contributed by atoms with Crippen molar-refractivity contribution in [3.05, 3.63) is 60.1 Å². The number of nitrogens with one attached hydrogen (secondary N) is 1. The number of nitrogens with zero attached hydrogens (tertiary/aromatic N) is 5. The summed E-state index contributed by atoms with van der Waals surface area (Å²) in [5.41, 5.74) is 0.510. The van der Waals surface area contributed by atoms with Crippen LogP contribution in [0.1, 0.15) is 18.4 Å². The molecule has 0 aliphatic heterocycles. The molecular formula is C22H23FN6O5S. The second-order valence-electron chi connectivity index (χ2n) is 7.55. The zero-order chi connectivity index (χ0) is 25.2. The first-order chi connectivity index (χ1) is 16.7. The minimum atomic E-state index is -4.02. The molecule has 13 heteroatoms. The number of hydrogen-bond donors (Lipinski definition) is 1. The molecule has 0 radical (unpaired) electrons. The summed E-state index contributed by atoms with van der Waals surface area (Å²) in [6.45, 7) is 2.97. The Morgan fingerprint density at radius 2 is 1.86 bits per heavy atom. The molecule has 0 spiro atoms. The molecule has 1 N–H and O–H groups in total. The van der Waals surface area contributed by atoms with Gasteiger partial charge in [0.1, 0.15) is 23.0 Å². The average Bonchev–Trinajstić information content (AvgIpc) is 3.50. The first kappa shape index (κ1) is 24.1. The third-order valence-corrected chi connectivity index (χ3v) is 6.93. The quantitative estimate of drug-likeness (QED) is 0.366. The number of halogens is 1. The monoisotopic (exact) mass is 502 g/mol. The lowest BCUT2D eigenvalue weighted by atomic mass is 10.2. The van der Waals surface area contributed by atoms with E-state index in [1.54, 1.807) is 30.3 Å². The second kappa shape index (κ2) is 9.70. The van der Waals surface area contributed by atoms with Crippen molar-refractivity contribution in [2.24, 2.45) is 0 Å². The predicted octanol–water partition coefficient (Wildman–Crippen LogP) is 3.15. The van der Waals surface area contributed by atoms with E-state index >= 15 is 0 Å². The number of furan rings is 1. The van der Waals surface area contributed by atoms with Gasteiger partial charge in [-0.2, -0.15) is 0 Å². The Hall–Kier alpha value is -4.00. The van der Waals surface area contributed by atoms with Gasteiger partial charge in [-0.15, -0.1) is 10.2 Å². The Morgan fingerprint density at radius 3 is 2.46 bits per heavy atom. The highest BCUT2D eigenvalue weighted by Crippen LogP contribution is 2.37. The van der Waals surface area contributed by atoms with Crippen molar-refractivity contribution in [3.63, 3.8) is 0 Å². The van der Waals surface area contributed by atoms with Gasteiger partial charge in [0.05, 0.1) is 37.6 Å². The van der Waals surface area contributed by atoms with Gasteiger partial charge in [-0.3, -0.25) is 9.29 Å². The highest BCUT2D eigenvalue weighted by molar-refractivity contribution is 7.93. The number of aromatic nitrogens is 5. The van der Waals surface area contributed by atoms with Crippen LogP contribution < -0.4 is 14.2 Å². The lowest BCUT2D eigenvalue weighted by molar-refractivity contribution is 0.391. The van der Waals surface area contributed by atoms with Crippen LogP contribution in [0.4, 0.5) is 10.3 Å². The van der Waals surface area contributed by atoms with Crippen LogP contribution in [0.15, 0.2) is 47.2 Å². The van der Waals surface area contributed by atoms with Gasteiger partial charge in [-0.05, 0) is 38.1 Å². The number of benzene rings is 1. The van der Waals surface area contributed by atoms with Crippen LogP contribution in [-0.2, 0) is 16.4 Å². The maximum absolute atomic E-state index is 13.5. The molecule has 1 atom stereocenters. The van der Waals surface area contributed by atoms with Crippen LogP contribution in [0.25, 0.3) is 17.3 Å². The standard InChI is InChI=1S/C22H23FN6O5S/c1-13(11-19-24-12-15(23)14(2)25-19)35(30,31)28-22-27-26-21(18-9-6-10-34-18)29(22)20-16(32-3)7-5-8-17(20)33-4/h5-10,12-13H,11H2,1-4H3,(H,27,28)/t13-/m1/s1. The normalized spacial score (nSPS) is 12.4. The van der Waals surface area contributed by atoms with E-state index in [1.165, 1.54) is 38.9 Å². The van der Waals surface area contributed by atoms with Crippen LogP contribution in [0.5, 0.6) is 11.5 Å². The minimum absolute atomic E-state index is 0.0480. The lowest BCUT2D eigenvalue weighted by Crippen LogP contribution is -2.29. The number of aryl methyl sites for hydroxylation is 1. The van der Waals surface area contributed by atoms with E-state index < -0.39 is 21.1 Å². The van der Waals surface area contributed by atoms with Crippen molar-refractivity contribution in [1.29, 1.82) is 0 Å². The summed E-state index contributed by atoms with van der Waals surface area (Å²) in [6, 6.07) is 8.45. The molecule has 1 aromatic carbocycles. The zero-order valence-electron chi connectivity index (χ0n) is 19.4. The Bertz CT molecular complexity index is 1420. The number of para-hydroxylation sites is 1. The van der Waals surface area contributed by atoms with Gasteiger partial charge in [-0.1, -0.05) is 6.07 Å². The van der Waals surface area contributed by atoms with Gasteiger partial charge in [-0.25, -0.2) is 22.8 Å². The molecule has 3 heterocycles. The van der Waals surface area contributed by atoms with Gasteiger partial charge in [0.2, 0.25) is 21.8 Å². The highest BCUT2D eigenvalue weighted by atomic mass is 32.2. The Balaban J connectivity index is 1.76. The SMILES string of the molecule is COc1cccc(OC)c1-n1c(NS(=O)(=O)[C@H](C)Cc2ncc(F)c(C)n2)nnc1-c1ccco1. The Labute approximate surface area is 201 Å². The smallest absolute Gasteiger partial charge is 0.243 e. The Kier molecular flexibility index (Phi) is 6.69. The second-order valence-corrected chi connectivity index (χ2v) is 9.65. The van der Waals surface area contributed by atoms with E-state index in [4.69, 9.17) is 13.9 Å². The van der Waals surface area contributed by atoms with Crippen LogP contribution in [0.2, 0.25) is 0 Å². The minimum Gasteiger partial charge on any atom is -0.494 e. The number of methoxy groups -OCH3 is 2. The molecule has 0 bridgehead atoms. The van der Waals surface area contributed by atoms with E-state index in [0.29, 0.717) is 22.9 Å². The molecule has 35 heavy (non-hydrogen) atoms. The molecule has 11 nitrogen and oxygen atoms in total. The Morgan fingerprint density at radius 1 is 1.14 bits per heavy atom. The summed E-state index contributed by atoms with van der Waals surface area (Å²) < 4.78 is 60.4. The van der Waals surface area contributed by atoms with E-state index in [0.717, 1.165) is 6.20 Å². The van der Waals surface area contributed by atoms with Gasteiger partial charge in [0.25, 0.3) is 0 Å². The van der Waals surface area contributed by atoms with Gasteiger partial charge < -0.3 is 13.9 Å². The maximum Gasteiger partial charge on any atom is 0.243 e. The first-order valence-electron chi connectivity index (χ1n) is 10.5. The van der Waals surface area contributed by atoms with Crippen molar-refractivity contribution in [2.45, 2.75) is 25.5 Å². The highest BCUT2D eigenvalue weighted by Gasteiger charge is 2.29. The number of rotatable bonds is 9. The van der Waals surface area contributed by atoms with Crippen LogP contribution in [-0.4, -0.2) is 52.6 Å². The van der Waals surface area contributed by atoms with Crippen LogP contribution >= 0.6 is 0 Å². The third kappa shape index (κ3) is 4.80. The van der Waals surface area contributed by atoms with Crippen molar-refractivity contribution in [2.75, 3.05) is 18.9 Å². The molecule has 0 fully saturated rings. The van der Waals surface area contributed by atoms with Crippen molar-refractivity contribution < 1.29 is 26.7 Å². The van der Waals surface area contributed by atoms with Crippen LogP contribution in [0.3, 0.4) is 0 Å². The van der Waals surface area contributed by atoms with Crippen molar-refractivity contribution in [3.8, 4) is 28.8 Å². The summed E-state index contributed by atoms with van der Waals surface area (Å²) in [5, 5.41) is 7.24. The maximum atomic E-state index is 13.5. The van der Waals surface area contributed by atoms with E-state index in [-0.39, 0.29) is 29.7 Å². The number of hydrogen-bond acceptors (Lipinski definition) is 9. The summed E-state index contributed by atoms with van der Waals surface area (Å²) in [4.78, 5) is 7.92. The molecule has 0 unspecified atom stereocenters. The summed E-state index contributed by atoms with van der Waals surface area (Å²) in [5.74, 6) is 0.876. The van der Waals surface area contributed by atoms with Crippen molar-refractivity contribution >= 4 is 16.0 Å². The van der Waals surface area contributed by atoms with Gasteiger partial charge >= 0.3 is 0 Å². The molecule has 4 rings (SSSR count). The lowest BCUT2D eigenvalue weighted by Gasteiger charge is -2.18. The first-order valence-corrected chi connectivity index (χ1v) is 12.0. The topological polar surface area (TPSA) is 134 Å². The van der Waals surface area contributed by atoms with Gasteiger partial charge in [0, 0.05) is 6.42 Å². The summed E-state index contributed by atoms with van der Waals surface area (Å²) in [7, 11) is -1.06. The fraction of sp³-hybridized carbons (Fsp3) is 0.273. The molecule has 4 aromatic rings. The number of ether oxygens (including phenoxy) is 2. The molecule has 3 aromatic heterocycles. The number of sulfonamides is 1. The average molecular weight is 503 g/mol. The molecule has 184 valence electrons. The van der Waals surface area contributed by atoms with Crippen LogP contribution in [0, 0.1) is 12.7 Å². The molecular weight excluding hydrogens is 479 g/mol. The largest absolute Gasteiger partial charge is 0.494 e. The third-order valence-electron chi connectivity index (χ3n) is 5.23. The summed E-state index contributed by atoms with van der Waals surface area (Å²) in [6.07, 6.45) is 2.43. The molecule has 0 saturated heterocycles. The van der Waals surface area contributed by atoms with Crippen molar-refractivity contribution in [1.82, 2.24) is 24.7 Å². The predicted molar refractivity (Wildman–Crippen MR) is 125 cm³/mol. The fourth-order valence-corrected chi connectivity index (χ4v) is 4.33. The summed E-state index contributed by atoms with van der Waals surface area (Å²) >= 11 is 0. The van der Waals surface area contributed by atoms with E-state index in [1.807, 2.05) is 0 Å².